The number of rotatable bonds is 7. The highest BCUT2D eigenvalue weighted by atomic mass is 35.5. The lowest BCUT2D eigenvalue weighted by atomic mass is 10.0. The molecule has 192 valence electrons. The Labute approximate surface area is 226 Å². The summed E-state index contributed by atoms with van der Waals surface area (Å²) < 4.78 is 12.5. The van der Waals surface area contributed by atoms with Gasteiger partial charge in [-0.15, -0.1) is 24.8 Å². The molecule has 12 heteroatoms. The highest BCUT2D eigenvalue weighted by molar-refractivity contribution is 7.05. The zero-order valence-electron chi connectivity index (χ0n) is 19.4. The van der Waals surface area contributed by atoms with E-state index >= 15 is 0 Å². The van der Waals surface area contributed by atoms with Gasteiger partial charge in [-0.25, -0.2) is 4.98 Å². The number of aromatic nitrogens is 3. The minimum absolute atomic E-state index is 0. The minimum atomic E-state index is -0.270. The number of nitrogens with zero attached hydrogens (tertiary/aromatic N) is 5. The fourth-order valence-corrected chi connectivity index (χ4v) is 5.77. The Balaban J connectivity index is 0.00000171. The average Bonchev–Trinajstić information content (AvgIpc) is 3.41. The van der Waals surface area contributed by atoms with Crippen LogP contribution >= 0.6 is 47.9 Å². The smallest absolute Gasteiger partial charge is 0.231 e. The Morgan fingerprint density at radius 2 is 1.86 bits per heavy atom. The molecule has 0 unspecified atom stereocenters. The van der Waals surface area contributed by atoms with Crippen LogP contribution in [0.25, 0.3) is 22.3 Å². The third-order valence-electron chi connectivity index (χ3n) is 6.56. The van der Waals surface area contributed by atoms with Gasteiger partial charge >= 0.3 is 0 Å². The number of fused-ring (bicyclic) bond motifs is 1. The molecule has 2 N–H and O–H groups in total. The molecule has 8 nitrogen and oxygen atoms in total. The van der Waals surface area contributed by atoms with Crippen molar-refractivity contribution >= 4 is 64.8 Å². The molecule has 0 spiro atoms. The number of carbonyl (C=O) groups excluding carboxylic acids is 1. The van der Waals surface area contributed by atoms with Crippen LogP contribution in [-0.4, -0.2) is 75.6 Å². The van der Waals surface area contributed by atoms with Crippen molar-refractivity contribution in [1.29, 1.82) is 0 Å². The number of hydrogen-bond acceptors (Lipinski definition) is 7. The normalized spacial score (nSPS) is 17.7. The lowest BCUT2D eigenvalue weighted by Crippen LogP contribution is -2.48. The van der Waals surface area contributed by atoms with Crippen LogP contribution in [0.5, 0.6) is 0 Å². The Kier molecular flexibility index (Phi) is 10.2. The Morgan fingerprint density at radius 3 is 2.57 bits per heavy atom. The SMILES string of the molecule is Cl.Cl.NC(=O)CN1CCN(Cc2nc(-c3cn(CC4CCOCC4)c4c(Cl)cccc34)ns2)CC1. The maximum atomic E-state index is 11.1. The van der Waals surface area contributed by atoms with E-state index < -0.39 is 0 Å². The van der Waals surface area contributed by atoms with Crippen LogP contribution in [0.4, 0.5) is 0 Å². The lowest BCUT2D eigenvalue weighted by Gasteiger charge is -2.33. The van der Waals surface area contributed by atoms with Crippen LogP contribution in [0.2, 0.25) is 5.02 Å². The molecule has 0 bridgehead atoms. The summed E-state index contributed by atoms with van der Waals surface area (Å²) in [7, 11) is 0. The number of amides is 1. The van der Waals surface area contributed by atoms with Crippen molar-refractivity contribution in [2.75, 3.05) is 45.9 Å². The van der Waals surface area contributed by atoms with Gasteiger partial charge in [0.1, 0.15) is 5.01 Å². The molecule has 2 aliphatic heterocycles. The molecule has 2 aliphatic rings. The van der Waals surface area contributed by atoms with Crippen LogP contribution in [0.1, 0.15) is 17.8 Å². The number of para-hydroxylation sites is 1. The van der Waals surface area contributed by atoms with E-state index in [9.17, 15) is 4.79 Å². The zero-order valence-corrected chi connectivity index (χ0v) is 22.6. The maximum absolute atomic E-state index is 11.1. The van der Waals surface area contributed by atoms with Gasteiger partial charge in [-0.3, -0.25) is 14.6 Å². The summed E-state index contributed by atoms with van der Waals surface area (Å²) >= 11 is 8.09. The number of primary amides is 1. The summed E-state index contributed by atoms with van der Waals surface area (Å²) in [6.07, 6.45) is 4.32. The summed E-state index contributed by atoms with van der Waals surface area (Å²) in [5, 5.41) is 2.86. The van der Waals surface area contributed by atoms with E-state index in [2.05, 4.69) is 26.6 Å². The molecule has 2 fully saturated rings. The summed E-state index contributed by atoms with van der Waals surface area (Å²) in [5.41, 5.74) is 7.41. The highest BCUT2D eigenvalue weighted by Crippen LogP contribution is 2.35. The number of carbonyl (C=O) groups is 1. The van der Waals surface area contributed by atoms with Crippen molar-refractivity contribution in [3.05, 3.63) is 34.4 Å². The van der Waals surface area contributed by atoms with E-state index in [1.54, 1.807) is 0 Å². The number of hydrogen-bond donors (Lipinski definition) is 1. The van der Waals surface area contributed by atoms with Gasteiger partial charge in [0, 0.05) is 63.1 Å². The Bertz CT molecular complexity index is 1130. The summed E-state index contributed by atoms with van der Waals surface area (Å²) in [5.74, 6) is 1.08. The van der Waals surface area contributed by atoms with Gasteiger partial charge in [0.25, 0.3) is 0 Å². The minimum Gasteiger partial charge on any atom is -0.381 e. The van der Waals surface area contributed by atoms with E-state index in [-0.39, 0.29) is 30.7 Å². The molecule has 35 heavy (non-hydrogen) atoms. The van der Waals surface area contributed by atoms with Gasteiger partial charge < -0.3 is 15.0 Å². The monoisotopic (exact) mass is 560 g/mol. The van der Waals surface area contributed by atoms with Gasteiger partial charge in [-0.05, 0) is 36.4 Å². The molecule has 0 saturated carbocycles. The number of benzene rings is 1. The highest BCUT2D eigenvalue weighted by Gasteiger charge is 2.22. The van der Waals surface area contributed by atoms with Crippen molar-refractivity contribution in [2.45, 2.75) is 25.9 Å². The third kappa shape index (κ3) is 6.65. The second-order valence-electron chi connectivity index (χ2n) is 8.92. The third-order valence-corrected chi connectivity index (χ3v) is 7.56. The van der Waals surface area contributed by atoms with Crippen molar-refractivity contribution in [1.82, 2.24) is 23.7 Å². The average molecular weight is 562 g/mol. The molecule has 0 aliphatic carbocycles. The number of ether oxygens (including phenoxy) is 1. The van der Waals surface area contributed by atoms with Crippen molar-refractivity contribution in [3.8, 4) is 11.4 Å². The van der Waals surface area contributed by atoms with Gasteiger partial charge in [0.15, 0.2) is 5.82 Å². The van der Waals surface area contributed by atoms with Crippen molar-refractivity contribution < 1.29 is 9.53 Å². The van der Waals surface area contributed by atoms with Crippen LogP contribution in [-0.2, 0) is 22.6 Å². The first kappa shape index (κ1) is 28.1. The largest absolute Gasteiger partial charge is 0.381 e. The van der Waals surface area contributed by atoms with Crippen LogP contribution in [0.15, 0.2) is 24.4 Å². The first-order valence-corrected chi connectivity index (χ1v) is 12.6. The van der Waals surface area contributed by atoms with Crippen LogP contribution < -0.4 is 5.73 Å². The van der Waals surface area contributed by atoms with Gasteiger partial charge in [0.2, 0.25) is 5.91 Å². The molecule has 1 aromatic carbocycles. The quantitative estimate of drug-likeness (QED) is 0.473. The van der Waals surface area contributed by atoms with E-state index in [0.717, 1.165) is 97.6 Å². The molecule has 5 rings (SSSR count). The maximum Gasteiger partial charge on any atom is 0.231 e. The molecule has 2 aromatic heterocycles. The molecule has 2 saturated heterocycles. The fourth-order valence-electron chi connectivity index (χ4n) is 4.79. The van der Waals surface area contributed by atoms with Crippen molar-refractivity contribution in [2.24, 2.45) is 11.7 Å². The fraction of sp³-hybridized carbons (Fsp3) is 0.522. The molecule has 0 radical (unpaired) electrons. The lowest BCUT2D eigenvalue weighted by molar-refractivity contribution is -0.119. The second kappa shape index (κ2) is 12.7. The molecular weight excluding hydrogens is 531 g/mol. The topological polar surface area (TPSA) is 89.5 Å². The summed E-state index contributed by atoms with van der Waals surface area (Å²) in [6.45, 7) is 7.15. The van der Waals surface area contributed by atoms with E-state index in [1.165, 1.54) is 11.5 Å². The Hall–Kier alpha value is -1.46. The van der Waals surface area contributed by atoms with Crippen LogP contribution in [0.3, 0.4) is 0 Å². The molecule has 0 atom stereocenters. The first-order valence-electron chi connectivity index (χ1n) is 11.5. The number of halogens is 3. The molecule has 3 aromatic rings. The predicted octanol–water partition coefficient (Wildman–Crippen LogP) is 3.69. The van der Waals surface area contributed by atoms with Crippen molar-refractivity contribution in [3.63, 3.8) is 0 Å². The van der Waals surface area contributed by atoms with Gasteiger partial charge in [0.05, 0.1) is 23.6 Å². The second-order valence-corrected chi connectivity index (χ2v) is 10.2. The summed E-state index contributed by atoms with van der Waals surface area (Å²) in [6, 6.07) is 6.05. The molecule has 1 amide bonds. The number of nitrogens with two attached hydrogens (primary N) is 1. The number of piperazine rings is 1. The van der Waals surface area contributed by atoms with Gasteiger partial charge in [-0.1, -0.05) is 23.7 Å². The molecule has 4 heterocycles. The van der Waals surface area contributed by atoms with E-state index in [0.29, 0.717) is 12.5 Å². The Morgan fingerprint density at radius 1 is 1.14 bits per heavy atom. The molecular formula is C23H31Cl3N6O2S. The zero-order chi connectivity index (χ0) is 22.8. The van der Waals surface area contributed by atoms with E-state index in [1.807, 2.05) is 12.1 Å². The standard InChI is InChI=1S/C23H29ClN6O2S.2ClH/c24-19-3-1-2-17-18(13-30(22(17)19)12-16-4-10-32-11-5-16)23-26-21(33-27-23)15-29-8-6-28(7-9-29)14-20(25)31;;/h1-3,13,16H,4-12,14-15H2,(H2,25,31);2*1H. The van der Waals surface area contributed by atoms with Gasteiger partial charge in [-0.2, -0.15) is 4.37 Å². The summed E-state index contributed by atoms with van der Waals surface area (Å²) in [4.78, 5) is 20.5. The first-order chi connectivity index (χ1) is 16.1. The predicted molar refractivity (Wildman–Crippen MR) is 145 cm³/mol. The van der Waals surface area contributed by atoms with E-state index in [4.69, 9.17) is 31.4 Å². The van der Waals surface area contributed by atoms with Crippen LogP contribution in [0, 0.1) is 5.92 Å².